The van der Waals surface area contributed by atoms with E-state index in [-0.39, 0.29) is 12.5 Å². The lowest BCUT2D eigenvalue weighted by atomic mass is 10.1. The number of hydrogen-bond donors (Lipinski definition) is 1. The first-order valence-corrected chi connectivity index (χ1v) is 9.33. The highest BCUT2D eigenvalue weighted by Crippen LogP contribution is 2.33. The number of ether oxygens (including phenoxy) is 3. The van der Waals surface area contributed by atoms with E-state index < -0.39 is 11.2 Å². The van der Waals surface area contributed by atoms with E-state index in [1.54, 1.807) is 58.4 Å². The first kappa shape index (κ1) is 20.6. The van der Waals surface area contributed by atoms with Gasteiger partial charge in [-0.05, 0) is 44.2 Å². The van der Waals surface area contributed by atoms with E-state index in [1.807, 2.05) is 12.1 Å². The Morgan fingerprint density at radius 2 is 1.78 bits per heavy atom. The van der Waals surface area contributed by atoms with E-state index in [1.165, 1.54) is 11.8 Å². The minimum atomic E-state index is -0.464. The van der Waals surface area contributed by atoms with Crippen molar-refractivity contribution >= 4 is 29.3 Å². The molecule has 0 aliphatic heterocycles. The van der Waals surface area contributed by atoms with Crippen LogP contribution in [-0.2, 0) is 9.53 Å². The summed E-state index contributed by atoms with van der Waals surface area (Å²) in [7, 11) is 3.14. The Labute approximate surface area is 163 Å². The molecule has 1 atom stereocenters. The summed E-state index contributed by atoms with van der Waals surface area (Å²) in [4.78, 5) is 25.5. The van der Waals surface area contributed by atoms with Crippen molar-refractivity contribution in [3.8, 4) is 11.5 Å². The van der Waals surface area contributed by atoms with Crippen LogP contribution < -0.4 is 14.8 Å². The van der Waals surface area contributed by atoms with Gasteiger partial charge in [-0.25, -0.2) is 4.79 Å². The molecule has 1 amide bonds. The molecule has 2 aromatic carbocycles. The van der Waals surface area contributed by atoms with Crippen molar-refractivity contribution in [2.45, 2.75) is 24.0 Å². The van der Waals surface area contributed by atoms with Gasteiger partial charge in [0, 0.05) is 4.90 Å². The third-order valence-corrected chi connectivity index (χ3v) is 4.81. The maximum Gasteiger partial charge on any atom is 0.340 e. The number of carbonyl (C=O) groups excluding carboxylic acids is 2. The number of carbonyl (C=O) groups is 2. The Kier molecular flexibility index (Phi) is 7.55. The van der Waals surface area contributed by atoms with Crippen LogP contribution in [0.2, 0.25) is 0 Å². The van der Waals surface area contributed by atoms with Gasteiger partial charge in [0.2, 0.25) is 5.91 Å². The van der Waals surface area contributed by atoms with Crippen LogP contribution in [0.5, 0.6) is 11.5 Å². The van der Waals surface area contributed by atoms with Gasteiger partial charge in [-0.1, -0.05) is 12.1 Å². The van der Waals surface area contributed by atoms with Crippen molar-refractivity contribution < 1.29 is 23.8 Å². The molecule has 0 aliphatic carbocycles. The summed E-state index contributed by atoms with van der Waals surface area (Å²) in [6.07, 6.45) is 0. The third-order valence-electron chi connectivity index (χ3n) is 3.72. The molecule has 6 nitrogen and oxygen atoms in total. The number of para-hydroxylation sites is 1. The Bertz CT molecular complexity index is 809. The highest BCUT2D eigenvalue weighted by Gasteiger charge is 2.19. The zero-order valence-corrected chi connectivity index (χ0v) is 16.6. The molecule has 0 saturated heterocycles. The molecule has 144 valence electrons. The SMILES string of the molecule is CCOC(=O)c1ccccc1NC(=O)[C@@H](C)Sc1ccc(OC)c(OC)c1. The van der Waals surface area contributed by atoms with Crippen LogP contribution in [0.25, 0.3) is 0 Å². The van der Waals surface area contributed by atoms with Crippen molar-refractivity contribution in [3.63, 3.8) is 0 Å². The van der Waals surface area contributed by atoms with E-state index in [2.05, 4.69) is 5.32 Å². The molecule has 0 unspecified atom stereocenters. The van der Waals surface area contributed by atoms with Crippen LogP contribution in [0.15, 0.2) is 47.4 Å². The maximum absolute atomic E-state index is 12.6. The van der Waals surface area contributed by atoms with Crippen molar-refractivity contribution in [2.24, 2.45) is 0 Å². The van der Waals surface area contributed by atoms with Gasteiger partial charge < -0.3 is 19.5 Å². The average molecular weight is 389 g/mol. The number of hydrogen-bond acceptors (Lipinski definition) is 6. The van der Waals surface area contributed by atoms with Gasteiger partial charge in [0.05, 0.1) is 37.3 Å². The monoisotopic (exact) mass is 389 g/mol. The van der Waals surface area contributed by atoms with Crippen molar-refractivity contribution in [3.05, 3.63) is 48.0 Å². The van der Waals surface area contributed by atoms with Crippen LogP contribution in [-0.4, -0.2) is 38.0 Å². The minimum Gasteiger partial charge on any atom is -0.493 e. The van der Waals surface area contributed by atoms with Gasteiger partial charge in [0.15, 0.2) is 11.5 Å². The molecule has 0 spiro atoms. The number of amides is 1. The lowest BCUT2D eigenvalue weighted by Crippen LogP contribution is -2.23. The predicted molar refractivity (Wildman–Crippen MR) is 106 cm³/mol. The molecular formula is C20H23NO5S. The summed E-state index contributed by atoms with van der Waals surface area (Å²) in [6.45, 7) is 3.80. The quantitative estimate of drug-likeness (QED) is 0.543. The first-order chi connectivity index (χ1) is 13.0. The van der Waals surface area contributed by atoms with E-state index in [9.17, 15) is 9.59 Å². The van der Waals surface area contributed by atoms with Crippen molar-refractivity contribution in [1.82, 2.24) is 0 Å². The highest BCUT2D eigenvalue weighted by atomic mass is 32.2. The molecule has 1 N–H and O–H groups in total. The van der Waals surface area contributed by atoms with Gasteiger partial charge in [-0.15, -0.1) is 11.8 Å². The number of benzene rings is 2. The second kappa shape index (κ2) is 9.87. The summed E-state index contributed by atoms with van der Waals surface area (Å²) in [5.74, 6) is 0.546. The second-order valence-electron chi connectivity index (χ2n) is 5.53. The van der Waals surface area contributed by atoms with E-state index >= 15 is 0 Å². The molecule has 0 radical (unpaired) electrons. The number of nitrogens with one attached hydrogen (secondary N) is 1. The molecular weight excluding hydrogens is 366 g/mol. The number of methoxy groups -OCH3 is 2. The minimum absolute atomic E-state index is 0.216. The van der Waals surface area contributed by atoms with E-state index in [0.717, 1.165) is 4.90 Å². The average Bonchev–Trinajstić information content (AvgIpc) is 2.68. The summed E-state index contributed by atoms with van der Waals surface area (Å²) in [5.41, 5.74) is 0.761. The molecule has 7 heteroatoms. The van der Waals surface area contributed by atoms with Gasteiger partial charge in [-0.3, -0.25) is 4.79 Å². The Morgan fingerprint density at radius 3 is 2.44 bits per heavy atom. The van der Waals surface area contributed by atoms with Crippen molar-refractivity contribution in [1.29, 1.82) is 0 Å². The standard InChI is InChI=1S/C20H23NO5S/c1-5-26-20(23)15-8-6-7-9-16(15)21-19(22)13(2)27-14-10-11-17(24-3)18(12-14)25-4/h6-13H,5H2,1-4H3,(H,21,22)/t13-/m1/s1. The molecule has 0 aromatic heterocycles. The highest BCUT2D eigenvalue weighted by molar-refractivity contribution is 8.00. The largest absolute Gasteiger partial charge is 0.493 e. The normalized spacial score (nSPS) is 11.4. The zero-order valence-electron chi connectivity index (χ0n) is 15.8. The van der Waals surface area contributed by atoms with Gasteiger partial charge >= 0.3 is 5.97 Å². The van der Waals surface area contributed by atoms with E-state index in [0.29, 0.717) is 22.7 Å². The lowest BCUT2D eigenvalue weighted by Gasteiger charge is -2.15. The molecule has 0 bridgehead atoms. The summed E-state index contributed by atoms with van der Waals surface area (Å²) in [5, 5.41) is 2.41. The van der Waals surface area contributed by atoms with Gasteiger partial charge in [0.25, 0.3) is 0 Å². The van der Waals surface area contributed by atoms with Gasteiger partial charge in [-0.2, -0.15) is 0 Å². The Balaban J connectivity index is 2.10. The number of thioether (sulfide) groups is 1. The van der Waals surface area contributed by atoms with Crippen LogP contribution in [0.4, 0.5) is 5.69 Å². The smallest absolute Gasteiger partial charge is 0.340 e. The fraction of sp³-hybridized carbons (Fsp3) is 0.300. The van der Waals surface area contributed by atoms with Crippen LogP contribution in [0, 0.1) is 0 Å². The summed E-state index contributed by atoms with van der Waals surface area (Å²) >= 11 is 1.38. The second-order valence-corrected chi connectivity index (χ2v) is 6.95. The maximum atomic E-state index is 12.6. The molecule has 2 rings (SSSR count). The predicted octanol–water partition coefficient (Wildman–Crippen LogP) is 4.00. The molecule has 0 heterocycles. The fourth-order valence-corrected chi connectivity index (χ4v) is 3.26. The molecule has 0 aliphatic rings. The zero-order chi connectivity index (χ0) is 19.8. The fourth-order valence-electron chi connectivity index (χ4n) is 2.36. The molecule has 0 saturated carbocycles. The number of esters is 1. The Morgan fingerprint density at radius 1 is 1.07 bits per heavy atom. The molecule has 27 heavy (non-hydrogen) atoms. The van der Waals surface area contributed by atoms with Gasteiger partial charge in [0.1, 0.15) is 0 Å². The first-order valence-electron chi connectivity index (χ1n) is 8.45. The Hall–Kier alpha value is -2.67. The number of anilines is 1. The van der Waals surface area contributed by atoms with Crippen molar-refractivity contribution in [2.75, 3.05) is 26.1 Å². The van der Waals surface area contributed by atoms with Crippen LogP contribution in [0.3, 0.4) is 0 Å². The molecule has 0 fully saturated rings. The summed E-state index contributed by atoms with van der Waals surface area (Å²) < 4.78 is 15.5. The topological polar surface area (TPSA) is 73.9 Å². The van der Waals surface area contributed by atoms with E-state index in [4.69, 9.17) is 14.2 Å². The van der Waals surface area contributed by atoms with Crippen LogP contribution >= 0.6 is 11.8 Å². The van der Waals surface area contributed by atoms with Crippen LogP contribution in [0.1, 0.15) is 24.2 Å². The third kappa shape index (κ3) is 5.40. The summed E-state index contributed by atoms with van der Waals surface area (Å²) in [6, 6.07) is 12.3. The lowest BCUT2D eigenvalue weighted by molar-refractivity contribution is -0.115. The number of rotatable bonds is 8. The molecule has 2 aromatic rings.